The van der Waals surface area contributed by atoms with Crippen LogP contribution in [0.15, 0.2) is 53.6 Å². The standard InChI is InChI=1S/C22H16BrN3O2/c1-12-6-8-16-15(10-12)24-21-20-17(28-2)9-7-13-4-3-5-14(19(13)20)22(21)26(16)25-18(27)11-23/h3-10H,11H2,1-2H3. The minimum atomic E-state index is -0.254. The maximum Gasteiger partial charge on any atom is 0.272 e. The van der Waals surface area contributed by atoms with Crippen molar-refractivity contribution in [3.8, 4) is 28.3 Å². The van der Waals surface area contributed by atoms with Gasteiger partial charge in [-0.25, -0.2) is 4.98 Å². The number of hydrogen-bond acceptors (Lipinski definition) is 4. The number of alkyl halides is 1. The summed E-state index contributed by atoms with van der Waals surface area (Å²) in [7, 11) is 1.66. The molecule has 0 fully saturated rings. The first-order valence-electron chi connectivity index (χ1n) is 8.90. The van der Waals surface area contributed by atoms with Gasteiger partial charge < -0.3 is 9.84 Å². The summed E-state index contributed by atoms with van der Waals surface area (Å²) in [5.41, 5.74) is 6.23. The van der Waals surface area contributed by atoms with Crippen LogP contribution in [0, 0.1) is 6.92 Å². The molecule has 1 aliphatic carbocycles. The van der Waals surface area contributed by atoms with Crippen LogP contribution in [-0.4, -0.2) is 23.3 Å². The van der Waals surface area contributed by atoms with Crippen LogP contribution >= 0.6 is 15.9 Å². The van der Waals surface area contributed by atoms with Crippen molar-refractivity contribution in [3.63, 3.8) is 0 Å². The number of ether oxygens (including phenoxy) is 1. The van der Waals surface area contributed by atoms with E-state index in [1.165, 1.54) is 0 Å². The molecular formula is C22H16BrN3O2. The van der Waals surface area contributed by atoms with E-state index >= 15 is 0 Å². The maximum absolute atomic E-state index is 12.3. The van der Waals surface area contributed by atoms with Gasteiger partial charge in [0.05, 0.1) is 18.2 Å². The zero-order chi connectivity index (χ0) is 19.4. The number of aromatic nitrogens is 2. The molecular weight excluding hydrogens is 418 g/mol. The van der Waals surface area contributed by atoms with Crippen molar-refractivity contribution in [1.82, 2.24) is 4.98 Å². The van der Waals surface area contributed by atoms with Gasteiger partial charge in [0.25, 0.3) is 11.2 Å². The first-order chi connectivity index (χ1) is 13.6. The highest BCUT2D eigenvalue weighted by Gasteiger charge is 2.36. The van der Waals surface area contributed by atoms with Gasteiger partial charge in [-0.3, -0.25) is 0 Å². The summed E-state index contributed by atoms with van der Waals surface area (Å²) in [5.74, 6) is 0.506. The lowest BCUT2D eigenvalue weighted by atomic mass is 10.0. The van der Waals surface area contributed by atoms with E-state index in [-0.39, 0.29) is 11.2 Å². The zero-order valence-corrected chi connectivity index (χ0v) is 16.9. The highest BCUT2D eigenvalue weighted by Crippen LogP contribution is 2.49. The Bertz CT molecular complexity index is 1310. The molecule has 0 amide bonds. The van der Waals surface area contributed by atoms with Crippen LogP contribution in [0.4, 0.5) is 0 Å². The number of rotatable bonds is 3. The molecule has 4 aromatic rings. The van der Waals surface area contributed by atoms with Gasteiger partial charge in [-0.05, 0) is 45.9 Å². The van der Waals surface area contributed by atoms with E-state index in [4.69, 9.17) is 9.72 Å². The van der Waals surface area contributed by atoms with Crippen LogP contribution in [0.25, 0.3) is 44.3 Å². The average Bonchev–Trinajstić information content (AvgIpc) is 3.04. The smallest absolute Gasteiger partial charge is 0.272 e. The van der Waals surface area contributed by atoms with E-state index in [1.54, 1.807) is 11.8 Å². The Morgan fingerprint density at radius 1 is 1.21 bits per heavy atom. The molecule has 1 aromatic heterocycles. The number of hydrogen-bond donors (Lipinski definition) is 0. The number of halogens is 1. The molecule has 0 bridgehead atoms. The predicted molar refractivity (Wildman–Crippen MR) is 112 cm³/mol. The van der Waals surface area contributed by atoms with E-state index in [0.717, 1.165) is 55.6 Å². The number of nitrogens with zero attached hydrogens (tertiary/aromatic N) is 3. The fourth-order valence-corrected chi connectivity index (χ4v) is 4.03. The first-order valence-corrected chi connectivity index (χ1v) is 10.0. The Balaban J connectivity index is 2.01. The molecule has 5 nitrogen and oxygen atoms in total. The predicted octanol–water partition coefficient (Wildman–Crippen LogP) is 3.56. The van der Waals surface area contributed by atoms with Gasteiger partial charge in [-0.2, -0.15) is 0 Å². The molecule has 0 saturated heterocycles. The lowest BCUT2D eigenvalue weighted by Crippen LogP contribution is -2.37. The van der Waals surface area contributed by atoms with Crippen LogP contribution in [-0.2, 0) is 0 Å². The Kier molecular flexibility index (Phi) is 3.84. The van der Waals surface area contributed by atoms with E-state index < -0.39 is 0 Å². The largest absolute Gasteiger partial charge is 0.857 e. The molecule has 0 N–H and O–H groups in total. The quantitative estimate of drug-likeness (QED) is 0.189. The topological polar surface area (TPSA) is 61.4 Å². The van der Waals surface area contributed by atoms with Crippen molar-refractivity contribution in [2.24, 2.45) is 5.10 Å². The fraction of sp³-hybridized carbons (Fsp3) is 0.136. The third-order valence-electron chi connectivity index (χ3n) is 5.07. The molecule has 0 unspecified atom stereocenters. The Morgan fingerprint density at radius 2 is 2.07 bits per heavy atom. The van der Waals surface area contributed by atoms with Gasteiger partial charge in [0.1, 0.15) is 11.3 Å². The van der Waals surface area contributed by atoms with Crippen LogP contribution in [0.5, 0.6) is 5.75 Å². The van der Waals surface area contributed by atoms with Crippen molar-refractivity contribution in [3.05, 3.63) is 54.1 Å². The second-order valence-corrected chi connectivity index (χ2v) is 7.35. The average molecular weight is 434 g/mol. The van der Waals surface area contributed by atoms with Crippen molar-refractivity contribution < 1.29 is 14.5 Å². The van der Waals surface area contributed by atoms with Crippen LogP contribution in [0.2, 0.25) is 0 Å². The third-order valence-corrected chi connectivity index (χ3v) is 5.55. The summed E-state index contributed by atoms with van der Waals surface area (Å²) in [6.07, 6.45) is 0. The highest BCUT2D eigenvalue weighted by molar-refractivity contribution is 9.09. The lowest BCUT2D eigenvalue weighted by molar-refractivity contribution is -0.644. The number of benzene rings is 3. The molecule has 0 saturated carbocycles. The van der Waals surface area contributed by atoms with Crippen molar-refractivity contribution >= 4 is 43.6 Å². The summed E-state index contributed by atoms with van der Waals surface area (Å²) in [4.78, 5) is 4.97. The van der Waals surface area contributed by atoms with Crippen molar-refractivity contribution in [2.75, 3.05) is 12.4 Å². The first kappa shape index (κ1) is 17.1. The summed E-state index contributed by atoms with van der Waals surface area (Å²) in [5, 5.41) is 19.0. The van der Waals surface area contributed by atoms with Gasteiger partial charge in [0, 0.05) is 22.7 Å². The molecule has 0 radical (unpaired) electrons. The maximum atomic E-state index is 12.3. The van der Waals surface area contributed by atoms with Crippen LogP contribution < -0.4 is 14.5 Å². The normalized spacial score (nSPS) is 12.6. The van der Waals surface area contributed by atoms with Crippen LogP contribution in [0.1, 0.15) is 5.56 Å². The number of aryl methyl sites for hydroxylation is 1. The highest BCUT2D eigenvalue weighted by atomic mass is 79.9. The molecule has 5 rings (SSSR count). The minimum Gasteiger partial charge on any atom is -0.857 e. The number of methoxy groups -OCH3 is 1. The Labute approximate surface area is 170 Å². The summed E-state index contributed by atoms with van der Waals surface area (Å²) >= 11 is 3.22. The molecule has 3 aromatic carbocycles. The summed E-state index contributed by atoms with van der Waals surface area (Å²) in [6.45, 7) is 2.02. The molecule has 28 heavy (non-hydrogen) atoms. The molecule has 138 valence electrons. The van der Waals surface area contributed by atoms with Gasteiger partial charge in [0.2, 0.25) is 0 Å². The minimum absolute atomic E-state index is 0.158. The van der Waals surface area contributed by atoms with Gasteiger partial charge in [0.15, 0.2) is 5.69 Å². The van der Waals surface area contributed by atoms with Gasteiger partial charge in [-0.1, -0.05) is 40.2 Å². The third kappa shape index (κ3) is 2.34. The van der Waals surface area contributed by atoms with E-state index in [1.807, 2.05) is 49.4 Å². The molecule has 1 aliphatic rings. The van der Waals surface area contributed by atoms with Gasteiger partial charge in [-0.15, -0.1) is 0 Å². The molecule has 0 aliphatic heterocycles. The Hall–Kier alpha value is -2.99. The van der Waals surface area contributed by atoms with Crippen molar-refractivity contribution in [2.45, 2.75) is 6.92 Å². The van der Waals surface area contributed by atoms with E-state index in [9.17, 15) is 5.11 Å². The Morgan fingerprint density at radius 3 is 2.86 bits per heavy atom. The second-order valence-electron chi connectivity index (χ2n) is 6.79. The number of fused-ring (bicyclic) bond motifs is 4. The second kappa shape index (κ2) is 6.27. The van der Waals surface area contributed by atoms with Crippen molar-refractivity contribution in [1.29, 1.82) is 0 Å². The SMILES string of the molecule is COc1ccc2cccc3c2c1-c1nc2cc(C)ccc2[n+](/N=C(\[O-])CBr)c1-3. The fourth-order valence-electron chi connectivity index (χ4n) is 3.92. The molecule has 0 atom stereocenters. The van der Waals surface area contributed by atoms with Crippen LogP contribution in [0.3, 0.4) is 0 Å². The summed E-state index contributed by atoms with van der Waals surface area (Å²) < 4.78 is 7.39. The summed E-state index contributed by atoms with van der Waals surface area (Å²) in [6, 6.07) is 16.1. The van der Waals surface area contributed by atoms with Gasteiger partial charge >= 0.3 is 0 Å². The zero-order valence-electron chi connectivity index (χ0n) is 15.4. The van der Waals surface area contributed by atoms with E-state index in [2.05, 4.69) is 27.1 Å². The lowest BCUT2D eigenvalue weighted by Gasteiger charge is -2.08. The molecule has 6 heteroatoms. The molecule has 0 spiro atoms. The monoisotopic (exact) mass is 433 g/mol. The van der Waals surface area contributed by atoms with E-state index in [0.29, 0.717) is 0 Å². The molecule has 1 heterocycles.